The van der Waals surface area contributed by atoms with Gasteiger partial charge in [0.05, 0.1) is 4.90 Å². The molecule has 3 nitrogen and oxygen atoms in total. The third kappa shape index (κ3) is 4.29. The van der Waals surface area contributed by atoms with E-state index in [2.05, 4.69) is 29.0 Å². The van der Waals surface area contributed by atoms with E-state index >= 15 is 0 Å². The quantitative estimate of drug-likeness (QED) is 0.816. The van der Waals surface area contributed by atoms with Crippen LogP contribution < -0.4 is 4.72 Å². The lowest BCUT2D eigenvalue weighted by atomic mass is 10.0. The van der Waals surface area contributed by atoms with Gasteiger partial charge in [-0.3, -0.25) is 0 Å². The topological polar surface area (TPSA) is 46.2 Å². The molecule has 0 radical (unpaired) electrons. The molecule has 0 aromatic heterocycles. The average Bonchev–Trinajstić information content (AvgIpc) is 2.58. The summed E-state index contributed by atoms with van der Waals surface area (Å²) in [5, 5.41) is 0.192. The molecule has 0 amide bonds. The van der Waals surface area contributed by atoms with Crippen molar-refractivity contribution in [2.24, 2.45) is 0 Å². The maximum atomic E-state index is 12.7. The monoisotopic (exact) mass is 359 g/mol. The highest BCUT2D eigenvalue weighted by Gasteiger charge is 2.28. The first-order valence-corrected chi connectivity index (χ1v) is 10.4. The molecule has 0 heterocycles. The van der Waals surface area contributed by atoms with E-state index in [4.69, 9.17) is 0 Å². The second-order valence-electron chi connectivity index (χ2n) is 5.95. The van der Waals surface area contributed by atoms with E-state index in [-0.39, 0.29) is 11.3 Å². The molecule has 0 spiro atoms. The van der Waals surface area contributed by atoms with Crippen LogP contribution in [-0.4, -0.2) is 19.7 Å². The van der Waals surface area contributed by atoms with Crippen LogP contribution in [0.25, 0.3) is 0 Å². The van der Waals surface area contributed by atoms with Crippen LogP contribution in [0.3, 0.4) is 0 Å². The molecule has 5 heteroatoms. The number of benzene rings is 2. The minimum atomic E-state index is -3.50. The normalized spacial score (nSPS) is 20.9. The van der Waals surface area contributed by atoms with E-state index in [0.717, 1.165) is 23.3 Å². The van der Waals surface area contributed by atoms with Crippen molar-refractivity contribution in [2.75, 3.05) is 0 Å². The maximum absolute atomic E-state index is 12.7. The maximum Gasteiger partial charge on any atom is 0.240 e. The molecule has 2 aromatic carbocycles. The summed E-state index contributed by atoms with van der Waals surface area (Å²) in [6.45, 7) is 1.95. The molecule has 1 N–H and O–H groups in total. The minimum Gasteiger partial charge on any atom is -0.207 e. The first-order chi connectivity index (χ1) is 11.5. The summed E-state index contributed by atoms with van der Waals surface area (Å²) in [5.41, 5.74) is 1.05. The number of rotatable bonds is 5. The second kappa shape index (κ2) is 7.55. The highest BCUT2D eigenvalue weighted by molar-refractivity contribution is 8.00. The van der Waals surface area contributed by atoms with Gasteiger partial charge in [0.2, 0.25) is 10.0 Å². The first-order valence-electron chi connectivity index (χ1n) is 8.00. The van der Waals surface area contributed by atoms with Crippen LogP contribution in [0.4, 0.5) is 0 Å². The SMILES string of the molecule is Cc1ccc(S(=O)(=O)N[C@@H]2CC=CC[C@H]2Sc2ccccc2)cc1. The molecule has 24 heavy (non-hydrogen) atoms. The molecular weight excluding hydrogens is 338 g/mol. The summed E-state index contributed by atoms with van der Waals surface area (Å²) in [7, 11) is -3.50. The largest absolute Gasteiger partial charge is 0.240 e. The van der Waals surface area contributed by atoms with Crippen LogP contribution in [0.2, 0.25) is 0 Å². The molecule has 2 aromatic rings. The molecule has 0 saturated carbocycles. The lowest BCUT2D eigenvalue weighted by Crippen LogP contribution is -2.42. The number of allylic oxidation sites excluding steroid dienone is 1. The third-order valence-electron chi connectivity index (χ3n) is 4.04. The van der Waals surface area contributed by atoms with Crippen molar-refractivity contribution in [3.63, 3.8) is 0 Å². The van der Waals surface area contributed by atoms with Gasteiger partial charge in [-0.1, -0.05) is 48.0 Å². The van der Waals surface area contributed by atoms with E-state index in [0.29, 0.717) is 4.90 Å². The average molecular weight is 360 g/mol. The van der Waals surface area contributed by atoms with Crippen molar-refractivity contribution < 1.29 is 8.42 Å². The Morgan fingerprint density at radius 1 is 0.958 bits per heavy atom. The standard InChI is InChI=1S/C19H21NO2S2/c1-15-11-13-17(14-12-15)24(21,22)20-18-9-5-6-10-19(18)23-16-7-3-2-4-8-16/h2-8,11-14,18-20H,9-10H2,1H3/t18-,19-/m1/s1. The zero-order valence-corrected chi connectivity index (χ0v) is 15.2. The predicted octanol–water partition coefficient (Wildman–Crippen LogP) is 4.15. The van der Waals surface area contributed by atoms with E-state index in [1.807, 2.05) is 37.3 Å². The van der Waals surface area contributed by atoms with E-state index in [1.54, 1.807) is 23.9 Å². The van der Waals surface area contributed by atoms with Crippen LogP contribution >= 0.6 is 11.8 Å². The van der Waals surface area contributed by atoms with Gasteiger partial charge in [-0.05, 0) is 44.0 Å². The predicted molar refractivity (Wildman–Crippen MR) is 99.7 cm³/mol. The van der Waals surface area contributed by atoms with Crippen LogP contribution in [-0.2, 0) is 10.0 Å². The molecule has 1 aliphatic rings. The molecule has 0 aliphatic heterocycles. The van der Waals surface area contributed by atoms with Gasteiger partial charge in [0.15, 0.2) is 0 Å². The summed E-state index contributed by atoms with van der Waals surface area (Å²) < 4.78 is 28.2. The summed E-state index contributed by atoms with van der Waals surface area (Å²) in [4.78, 5) is 1.49. The number of hydrogen-bond acceptors (Lipinski definition) is 3. The zero-order valence-electron chi connectivity index (χ0n) is 13.6. The number of nitrogens with one attached hydrogen (secondary N) is 1. The van der Waals surface area contributed by atoms with Gasteiger partial charge in [0.1, 0.15) is 0 Å². The number of thioether (sulfide) groups is 1. The second-order valence-corrected chi connectivity index (χ2v) is 8.98. The van der Waals surface area contributed by atoms with Crippen molar-refractivity contribution in [1.29, 1.82) is 0 Å². The molecule has 0 fully saturated rings. The van der Waals surface area contributed by atoms with Gasteiger partial charge < -0.3 is 0 Å². The first kappa shape index (κ1) is 17.3. The highest BCUT2D eigenvalue weighted by atomic mass is 32.2. The summed E-state index contributed by atoms with van der Waals surface area (Å²) in [6, 6.07) is 17.0. The van der Waals surface area contributed by atoms with Gasteiger partial charge in [-0.25, -0.2) is 13.1 Å². The van der Waals surface area contributed by atoms with Crippen molar-refractivity contribution in [2.45, 2.75) is 40.8 Å². The van der Waals surface area contributed by atoms with Gasteiger partial charge in [-0.15, -0.1) is 11.8 Å². The third-order valence-corrected chi connectivity index (χ3v) is 6.92. The van der Waals surface area contributed by atoms with Crippen LogP contribution in [0.15, 0.2) is 76.5 Å². The Kier molecular flexibility index (Phi) is 5.43. The van der Waals surface area contributed by atoms with Crippen LogP contribution in [0.5, 0.6) is 0 Å². The Morgan fingerprint density at radius 3 is 2.33 bits per heavy atom. The molecule has 3 rings (SSSR count). The fourth-order valence-corrected chi connectivity index (χ4v) is 5.29. The molecule has 2 atom stereocenters. The van der Waals surface area contributed by atoms with Gasteiger partial charge in [-0.2, -0.15) is 0 Å². The number of sulfonamides is 1. The molecule has 0 unspecified atom stereocenters. The van der Waals surface area contributed by atoms with Gasteiger partial charge >= 0.3 is 0 Å². The zero-order chi connectivity index (χ0) is 17.0. The van der Waals surface area contributed by atoms with Crippen LogP contribution in [0.1, 0.15) is 18.4 Å². The lowest BCUT2D eigenvalue weighted by Gasteiger charge is -2.28. The molecule has 1 aliphatic carbocycles. The molecule has 0 bridgehead atoms. The lowest BCUT2D eigenvalue weighted by molar-refractivity contribution is 0.530. The molecule has 126 valence electrons. The fraction of sp³-hybridized carbons (Fsp3) is 0.263. The summed E-state index contributed by atoms with van der Waals surface area (Å²) in [5.74, 6) is 0. The highest BCUT2D eigenvalue weighted by Crippen LogP contribution is 2.32. The van der Waals surface area contributed by atoms with Gasteiger partial charge in [0, 0.05) is 16.2 Å². The summed E-state index contributed by atoms with van der Waals surface area (Å²) in [6.07, 6.45) is 5.78. The molecule has 0 saturated heterocycles. The van der Waals surface area contributed by atoms with E-state index in [9.17, 15) is 8.42 Å². The van der Waals surface area contributed by atoms with E-state index < -0.39 is 10.0 Å². The Labute approximate surface area is 148 Å². The van der Waals surface area contributed by atoms with Crippen molar-refractivity contribution in [1.82, 2.24) is 4.72 Å². The van der Waals surface area contributed by atoms with Crippen LogP contribution in [0, 0.1) is 6.92 Å². The Bertz CT molecular complexity index is 799. The van der Waals surface area contributed by atoms with Crippen molar-refractivity contribution in [3.05, 3.63) is 72.3 Å². The molecular formula is C19H21NO2S2. The number of aryl methyl sites for hydroxylation is 1. The minimum absolute atomic E-state index is 0.105. The van der Waals surface area contributed by atoms with E-state index in [1.165, 1.54) is 0 Å². The van der Waals surface area contributed by atoms with Crippen molar-refractivity contribution >= 4 is 21.8 Å². The summed E-state index contributed by atoms with van der Waals surface area (Å²) >= 11 is 1.73. The Hall–Kier alpha value is -1.56. The Balaban J connectivity index is 1.76. The fourth-order valence-electron chi connectivity index (χ4n) is 2.70. The number of hydrogen-bond donors (Lipinski definition) is 1. The van der Waals surface area contributed by atoms with Gasteiger partial charge in [0.25, 0.3) is 0 Å². The smallest absolute Gasteiger partial charge is 0.207 e. The Morgan fingerprint density at radius 2 is 1.62 bits per heavy atom. The van der Waals surface area contributed by atoms with Crippen molar-refractivity contribution in [3.8, 4) is 0 Å².